The van der Waals surface area contributed by atoms with Crippen molar-refractivity contribution in [2.24, 2.45) is 10.6 Å². The van der Waals surface area contributed by atoms with Crippen molar-refractivity contribution in [2.75, 3.05) is 13.2 Å². The van der Waals surface area contributed by atoms with Crippen molar-refractivity contribution in [1.82, 2.24) is 0 Å². The van der Waals surface area contributed by atoms with Gasteiger partial charge in [-0.1, -0.05) is 25.9 Å². The highest BCUT2D eigenvalue weighted by atomic mass is 16.6. The molecule has 0 aliphatic carbocycles. The Kier molecular flexibility index (Phi) is 7.60. The minimum absolute atomic E-state index is 0.0739. The summed E-state index contributed by atoms with van der Waals surface area (Å²) in [6, 6.07) is 0. The quantitative estimate of drug-likeness (QED) is 0.439. The van der Waals surface area contributed by atoms with Gasteiger partial charge in [-0.25, -0.2) is 0 Å². The first-order valence-corrected chi connectivity index (χ1v) is 7.04. The summed E-state index contributed by atoms with van der Waals surface area (Å²) in [6.45, 7) is 15.1. The number of hydrogen-bond acceptors (Lipinski definition) is 4. The molecule has 0 saturated carbocycles. The van der Waals surface area contributed by atoms with Crippen LogP contribution in [-0.4, -0.2) is 35.7 Å². The SMILES string of the molecule is CC(O)CCCOCC(=NOC(C)(C)C)C(C)(C)C. The second-order valence-corrected chi connectivity index (χ2v) is 7.04. The molecule has 0 rings (SSSR count). The summed E-state index contributed by atoms with van der Waals surface area (Å²) >= 11 is 0. The predicted molar refractivity (Wildman–Crippen MR) is 79.5 cm³/mol. The fraction of sp³-hybridized carbons (Fsp3) is 0.933. The molecule has 0 aliphatic heterocycles. The van der Waals surface area contributed by atoms with E-state index in [4.69, 9.17) is 14.7 Å². The Bertz CT molecular complexity index is 272. The normalized spacial score (nSPS) is 15.5. The zero-order chi connectivity index (χ0) is 15.1. The largest absolute Gasteiger partial charge is 0.393 e. The average molecular weight is 273 g/mol. The van der Waals surface area contributed by atoms with Crippen LogP contribution in [-0.2, 0) is 9.57 Å². The highest BCUT2D eigenvalue weighted by Crippen LogP contribution is 2.18. The van der Waals surface area contributed by atoms with Crippen molar-refractivity contribution in [3.8, 4) is 0 Å². The third-order valence-corrected chi connectivity index (χ3v) is 2.44. The van der Waals surface area contributed by atoms with Gasteiger partial charge >= 0.3 is 0 Å². The van der Waals surface area contributed by atoms with Gasteiger partial charge in [0.05, 0.1) is 18.4 Å². The first-order chi connectivity index (χ1) is 8.52. The highest BCUT2D eigenvalue weighted by Gasteiger charge is 2.21. The molecule has 0 aliphatic rings. The van der Waals surface area contributed by atoms with Crippen LogP contribution >= 0.6 is 0 Å². The maximum atomic E-state index is 9.16. The van der Waals surface area contributed by atoms with Crippen molar-refractivity contribution in [1.29, 1.82) is 0 Å². The maximum absolute atomic E-state index is 9.16. The van der Waals surface area contributed by atoms with E-state index < -0.39 is 0 Å². The van der Waals surface area contributed by atoms with Crippen LogP contribution < -0.4 is 0 Å². The van der Waals surface area contributed by atoms with Gasteiger partial charge in [-0.05, 0) is 40.5 Å². The van der Waals surface area contributed by atoms with Gasteiger partial charge in [0.1, 0.15) is 5.60 Å². The van der Waals surface area contributed by atoms with Gasteiger partial charge in [0.25, 0.3) is 0 Å². The number of aliphatic hydroxyl groups is 1. The molecule has 0 aromatic heterocycles. The number of nitrogens with zero attached hydrogens (tertiary/aromatic N) is 1. The number of rotatable bonds is 7. The molecule has 0 amide bonds. The van der Waals surface area contributed by atoms with Gasteiger partial charge in [0, 0.05) is 12.0 Å². The van der Waals surface area contributed by atoms with E-state index in [0.29, 0.717) is 13.2 Å². The van der Waals surface area contributed by atoms with Crippen molar-refractivity contribution in [3.63, 3.8) is 0 Å². The first kappa shape index (κ1) is 18.4. The topological polar surface area (TPSA) is 51.0 Å². The molecule has 4 nitrogen and oxygen atoms in total. The molecule has 0 aromatic carbocycles. The van der Waals surface area contributed by atoms with Crippen LogP contribution in [0.25, 0.3) is 0 Å². The standard InChI is InChI=1S/C15H31NO3/c1-12(17)9-8-10-18-11-13(14(2,3)4)16-19-15(5,6)7/h12,17H,8-11H2,1-7H3. The number of ether oxygens (including phenoxy) is 1. The molecule has 0 spiro atoms. The maximum Gasteiger partial charge on any atom is 0.129 e. The predicted octanol–water partition coefficient (Wildman–Crippen LogP) is 3.38. The van der Waals surface area contributed by atoms with E-state index in [2.05, 4.69) is 25.9 Å². The second-order valence-electron chi connectivity index (χ2n) is 7.04. The summed E-state index contributed by atoms with van der Waals surface area (Å²) in [4.78, 5) is 5.48. The lowest BCUT2D eigenvalue weighted by molar-refractivity contribution is -0.00231. The summed E-state index contributed by atoms with van der Waals surface area (Å²) in [5.41, 5.74) is 0.540. The molecular formula is C15H31NO3. The lowest BCUT2D eigenvalue weighted by atomic mass is 9.90. The molecule has 19 heavy (non-hydrogen) atoms. The number of hydrogen-bond donors (Lipinski definition) is 1. The highest BCUT2D eigenvalue weighted by molar-refractivity contribution is 5.89. The van der Waals surface area contributed by atoms with Gasteiger partial charge < -0.3 is 14.7 Å². The van der Waals surface area contributed by atoms with E-state index in [0.717, 1.165) is 18.6 Å². The van der Waals surface area contributed by atoms with E-state index in [1.807, 2.05) is 20.8 Å². The van der Waals surface area contributed by atoms with Crippen molar-refractivity contribution in [3.05, 3.63) is 0 Å². The third-order valence-electron chi connectivity index (χ3n) is 2.44. The van der Waals surface area contributed by atoms with Gasteiger partial charge in [0.2, 0.25) is 0 Å². The van der Waals surface area contributed by atoms with E-state index in [9.17, 15) is 0 Å². The van der Waals surface area contributed by atoms with Crippen molar-refractivity contribution >= 4 is 5.71 Å². The molecule has 0 fully saturated rings. The lowest BCUT2D eigenvalue weighted by Gasteiger charge is -2.23. The van der Waals surface area contributed by atoms with Crippen LogP contribution in [0.2, 0.25) is 0 Å². The Hall–Kier alpha value is -0.610. The molecular weight excluding hydrogens is 242 g/mol. The van der Waals surface area contributed by atoms with E-state index in [1.54, 1.807) is 6.92 Å². The van der Waals surface area contributed by atoms with Crippen LogP contribution in [0.5, 0.6) is 0 Å². The Morgan fingerprint density at radius 3 is 2.16 bits per heavy atom. The Morgan fingerprint density at radius 1 is 1.16 bits per heavy atom. The summed E-state index contributed by atoms with van der Waals surface area (Å²) < 4.78 is 5.62. The van der Waals surface area contributed by atoms with Gasteiger partial charge in [-0.2, -0.15) is 0 Å². The Balaban J connectivity index is 4.24. The summed E-state index contributed by atoms with van der Waals surface area (Å²) in [5.74, 6) is 0. The monoisotopic (exact) mass is 273 g/mol. The Labute approximate surface area is 118 Å². The van der Waals surface area contributed by atoms with Gasteiger partial charge in [0.15, 0.2) is 0 Å². The van der Waals surface area contributed by atoms with Crippen LogP contribution in [0, 0.1) is 5.41 Å². The molecule has 1 N–H and O–H groups in total. The molecule has 1 unspecified atom stereocenters. The minimum Gasteiger partial charge on any atom is -0.393 e. The number of oxime groups is 1. The summed E-state index contributed by atoms with van der Waals surface area (Å²) in [5, 5.41) is 13.4. The molecule has 0 saturated heterocycles. The van der Waals surface area contributed by atoms with Crippen LogP contribution in [0.1, 0.15) is 61.3 Å². The minimum atomic E-state index is -0.289. The zero-order valence-corrected chi connectivity index (χ0v) is 13.6. The Morgan fingerprint density at radius 2 is 1.74 bits per heavy atom. The van der Waals surface area contributed by atoms with E-state index in [1.165, 1.54) is 0 Å². The second kappa shape index (κ2) is 7.85. The van der Waals surface area contributed by atoms with Gasteiger partial charge in [-0.3, -0.25) is 0 Å². The first-order valence-electron chi connectivity index (χ1n) is 7.04. The fourth-order valence-corrected chi connectivity index (χ4v) is 1.22. The van der Waals surface area contributed by atoms with E-state index in [-0.39, 0.29) is 17.1 Å². The summed E-state index contributed by atoms with van der Waals surface area (Å²) in [7, 11) is 0. The fourth-order valence-electron chi connectivity index (χ4n) is 1.22. The molecule has 0 radical (unpaired) electrons. The molecule has 1 atom stereocenters. The van der Waals surface area contributed by atoms with E-state index >= 15 is 0 Å². The van der Waals surface area contributed by atoms with Gasteiger partial charge in [-0.15, -0.1) is 0 Å². The van der Waals surface area contributed by atoms with Crippen LogP contribution in [0.4, 0.5) is 0 Å². The summed E-state index contributed by atoms with van der Waals surface area (Å²) in [6.07, 6.45) is 1.36. The average Bonchev–Trinajstić information content (AvgIpc) is 2.18. The van der Waals surface area contributed by atoms with Crippen molar-refractivity contribution < 1.29 is 14.7 Å². The molecule has 4 heteroatoms. The van der Waals surface area contributed by atoms with Crippen LogP contribution in [0.15, 0.2) is 5.16 Å². The number of aliphatic hydroxyl groups excluding tert-OH is 1. The molecule has 0 aromatic rings. The molecule has 0 heterocycles. The smallest absolute Gasteiger partial charge is 0.129 e. The third kappa shape index (κ3) is 11.0. The van der Waals surface area contributed by atoms with Crippen LogP contribution in [0.3, 0.4) is 0 Å². The molecule has 0 bridgehead atoms. The molecule has 114 valence electrons. The lowest BCUT2D eigenvalue weighted by Crippen LogP contribution is -2.28. The zero-order valence-electron chi connectivity index (χ0n) is 13.6. The van der Waals surface area contributed by atoms with Crippen molar-refractivity contribution in [2.45, 2.75) is 73.0 Å².